The van der Waals surface area contributed by atoms with E-state index in [0.717, 1.165) is 6.42 Å². The third-order valence-electron chi connectivity index (χ3n) is 2.31. The van der Waals surface area contributed by atoms with Crippen LogP contribution in [0.3, 0.4) is 0 Å². The van der Waals surface area contributed by atoms with Gasteiger partial charge in [-0.3, -0.25) is 0 Å². The first-order valence-corrected chi connectivity index (χ1v) is 5.11. The molecular formula is C13H19N. The third-order valence-corrected chi connectivity index (χ3v) is 2.31. The van der Waals surface area contributed by atoms with E-state index in [1.54, 1.807) is 6.08 Å². The lowest BCUT2D eigenvalue weighted by molar-refractivity contribution is 0.646. The number of nitrogens with one attached hydrogen (secondary N) is 1. The highest BCUT2D eigenvalue weighted by Gasteiger charge is 2.05. The van der Waals surface area contributed by atoms with Crippen molar-refractivity contribution in [1.29, 1.82) is 0 Å². The summed E-state index contributed by atoms with van der Waals surface area (Å²) in [6.45, 7) is 10.3. The molecule has 0 aliphatic rings. The van der Waals surface area contributed by atoms with Gasteiger partial charge in [0.25, 0.3) is 0 Å². The molecule has 1 aromatic rings. The number of aromatic amines is 1. The lowest BCUT2D eigenvalue weighted by Gasteiger charge is -2.03. The summed E-state index contributed by atoms with van der Waals surface area (Å²) in [6, 6.07) is 0. The lowest BCUT2D eigenvalue weighted by atomic mass is 10.0. The highest BCUT2D eigenvalue weighted by atomic mass is 14.7. The Bertz CT molecular complexity index is 329. The summed E-state index contributed by atoms with van der Waals surface area (Å²) in [6.07, 6.45) is 9.06. The molecule has 1 N–H and O–H groups in total. The van der Waals surface area contributed by atoms with Crippen molar-refractivity contribution in [3.8, 4) is 0 Å². The van der Waals surface area contributed by atoms with Crippen molar-refractivity contribution < 1.29 is 0 Å². The molecule has 0 spiro atoms. The first kappa shape index (κ1) is 10.8. The van der Waals surface area contributed by atoms with Crippen LogP contribution >= 0.6 is 0 Å². The zero-order valence-electron chi connectivity index (χ0n) is 9.30. The molecule has 0 bridgehead atoms. The van der Waals surface area contributed by atoms with E-state index < -0.39 is 0 Å². The maximum atomic E-state index is 3.66. The van der Waals surface area contributed by atoms with E-state index in [1.165, 1.54) is 16.8 Å². The summed E-state index contributed by atoms with van der Waals surface area (Å²) < 4.78 is 0. The van der Waals surface area contributed by atoms with Gasteiger partial charge in [0.2, 0.25) is 0 Å². The molecule has 0 unspecified atom stereocenters. The topological polar surface area (TPSA) is 15.8 Å². The molecule has 0 aromatic carbocycles. The maximum Gasteiger partial charge on any atom is 0.0412 e. The van der Waals surface area contributed by atoms with Gasteiger partial charge in [0, 0.05) is 11.9 Å². The molecule has 0 radical (unpaired) electrons. The summed E-state index contributed by atoms with van der Waals surface area (Å²) in [4.78, 5) is 3.28. The molecule has 0 amide bonds. The van der Waals surface area contributed by atoms with Crippen LogP contribution in [0.15, 0.2) is 24.9 Å². The highest BCUT2D eigenvalue weighted by molar-refractivity contribution is 5.53. The molecule has 0 fully saturated rings. The van der Waals surface area contributed by atoms with Gasteiger partial charge in [0.05, 0.1) is 0 Å². The van der Waals surface area contributed by atoms with Crippen molar-refractivity contribution in [2.45, 2.75) is 27.2 Å². The average Bonchev–Trinajstić information content (AvgIpc) is 2.45. The van der Waals surface area contributed by atoms with Gasteiger partial charge in [-0.1, -0.05) is 32.6 Å². The number of H-pyrrole nitrogens is 1. The zero-order valence-corrected chi connectivity index (χ0v) is 9.30. The van der Waals surface area contributed by atoms with Crippen LogP contribution in [0.4, 0.5) is 0 Å². The number of rotatable bonds is 4. The first-order chi connectivity index (χ1) is 6.65. The van der Waals surface area contributed by atoms with Crippen LogP contribution in [0, 0.1) is 12.8 Å². The van der Waals surface area contributed by atoms with Gasteiger partial charge < -0.3 is 4.98 Å². The molecule has 0 saturated heterocycles. The van der Waals surface area contributed by atoms with Crippen molar-refractivity contribution in [3.05, 3.63) is 41.7 Å². The van der Waals surface area contributed by atoms with E-state index in [1.807, 2.05) is 6.08 Å². The zero-order chi connectivity index (χ0) is 10.6. The van der Waals surface area contributed by atoms with Gasteiger partial charge in [-0.2, -0.15) is 0 Å². The van der Waals surface area contributed by atoms with Crippen LogP contribution in [0.1, 0.15) is 30.7 Å². The number of hydrogen-bond acceptors (Lipinski definition) is 0. The van der Waals surface area contributed by atoms with Crippen molar-refractivity contribution >= 4 is 6.08 Å². The Hall–Kier alpha value is -1.24. The predicted molar refractivity (Wildman–Crippen MR) is 63.3 cm³/mol. The third kappa shape index (κ3) is 2.63. The van der Waals surface area contributed by atoms with Crippen molar-refractivity contribution in [2.24, 2.45) is 5.92 Å². The van der Waals surface area contributed by atoms with Gasteiger partial charge in [-0.15, -0.1) is 0 Å². The molecule has 1 heteroatoms. The molecular weight excluding hydrogens is 170 g/mol. The van der Waals surface area contributed by atoms with Gasteiger partial charge >= 0.3 is 0 Å². The standard InChI is InChI=1S/C13H19N/c1-5-6-7-13-11(4)12(9-14-13)8-10(2)3/h5-7,9-10,14H,1,8H2,2-4H3/b7-6-. The molecule has 1 nitrogen and oxygen atoms in total. The number of hydrogen-bond donors (Lipinski definition) is 1. The normalized spacial score (nSPS) is 11.4. The van der Waals surface area contributed by atoms with E-state index in [2.05, 4.69) is 44.6 Å². The number of aromatic nitrogens is 1. The van der Waals surface area contributed by atoms with Crippen LogP contribution < -0.4 is 0 Å². The minimum atomic E-state index is 0.709. The van der Waals surface area contributed by atoms with E-state index in [4.69, 9.17) is 0 Å². The predicted octanol–water partition coefficient (Wildman–Crippen LogP) is 3.72. The van der Waals surface area contributed by atoms with Gasteiger partial charge in [0.1, 0.15) is 0 Å². The van der Waals surface area contributed by atoms with E-state index >= 15 is 0 Å². The monoisotopic (exact) mass is 189 g/mol. The van der Waals surface area contributed by atoms with Crippen molar-refractivity contribution in [1.82, 2.24) is 4.98 Å². The summed E-state index contributed by atoms with van der Waals surface area (Å²) in [7, 11) is 0. The molecule has 14 heavy (non-hydrogen) atoms. The Labute approximate surface area is 86.5 Å². The Morgan fingerprint density at radius 3 is 2.79 bits per heavy atom. The molecule has 0 saturated carbocycles. The number of allylic oxidation sites excluding steroid dienone is 2. The second-order valence-electron chi connectivity index (χ2n) is 4.05. The second-order valence-corrected chi connectivity index (χ2v) is 4.05. The fourth-order valence-corrected chi connectivity index (χ4v) is 1.54. The second kappa shape index (κ2) is 4.85. The fraction of sp³-hybridized carbons (Fsp3) is 0.385. The first-order valence-electron chi connectivity index (χ1n) is 5.11. The SMILES string of the molecule is C=C/C=C\c1[nH]cc(CC(C)C)c1C. The van der Waals surface area contributed by atoms with Crippen LogP contribution in [0.5, 0.6) is 0 Å². The molecule has 1 aromatic heterocycles. The van der Waals surface area contributed by atoms with Crippen LogP contribution in [0.25, 0.3) is 6.08 Å². The molecule has 0 aliphatic carbocycles. The summed E-state index contributed by atoms with van der Waals surface area (Å²) in [5.41, 5.74) is 3.97. The fourth-order valence-electron chi connectivity index (χ4n) is 1.54. The van der Waals surface area contributed by atoms with Gasteiger partial charge in [-0.25, -0.2) is 0 Å². The Kier molecular flexibility index (Phi) is 3.75. The van der Waals surface area contributed by atoms with Crippen molar-refractivity contribution in [3.63, 3.8) is 0 Å². The maximum absolute atomic E-state index is 3.66. The van der Waals surface area contributed by atoms with Crippen LogP contribution in [-0.4, -0.2) is 4.98 Å². The molecule has 1 heterocycles. The average molecular weight is 189 g/mol. The largest absolute Gasteiger partial charge is 0.361 e. The van der Waals surface area contributed by atoms with Crippen molar-refractivity contribution in [2.75, 3.05) is 0 Å². The quantitative estimate of drug-likeness (QED) is 0.695. The minimum absolute atomic E-state index is 0.709. The molecule has 76 valence electrons. The lowest BCUT2D eigenvalue weighted by Crippen LogP contribution is -1.93. The minimum Gasteiger partial charge on any atom is -0.361 e. The van der Waals surface area contributed by atoms with E-state index in [0.29, 0.717) is 5.92 Å². The van der Waals surface area contributed by atoms with E-state index in [9.17, 15) is 0 Å². The van der Waals surface area contributed by atoms with Gasteiger partial charge in [0.15, 0.2) is 0 Å². The molecule has 0 atom stereocenters. The van der Waals surface area contributed by atoms with Gasteiger partial charge in [-0.05, 0) is 36.5 Å². The Morgan fingerprint density at radius 1 is 1.50 bits per heavy atom. The Balaban J connectivity index is 2.84. The highest BCUT2D eigenvalue weighted by Crippen LogP contribution is 2.17. The summed E-state index contributed by atoms with van der Waals surface area (Å²) in [5.74, 6) is 0.709. The summed E-state index contributed by atoms with van der Waals surface area (Å²) >= 11 is 0. The van der Waals surface area contributed by atoms with E-state index in [-0.39, 0.29) is 0 Å². The van der Waals surface area contributed by atoms with Crippen LogP contribution in [-0.2, 0) is 6.42 Å². The molecule has 0 aliphatic heterocycles. The Morgan fingerprint density at radius 2 is 2.21 bits per heavy atom. The van der Waals surface area contributed by atoms with Crippen LogP contribution in [0.2, 0.25) is 0 Å². The molecule has 1 rings (SSSR count). The summed E-state index contributed by atoms with van der Waals surface area (Å²) in [5, 5.41) is 0. The smallest absolute Gasteiger partial charge is 0.0412 e.